The van der Waals surface area contributed by atoms with E-state index in [-0.39, 0.29) is 0 Å². The van der Waals surface area contributed by atoms with Crippen molar-refractivity contribution >= 4 is 54.1 Å². The molecule has 1 nitrogen and oxygen atoms in total. The van der Waals surface area contributed by atoms with Gasteiger partial charge in [-0.1, -0.05) is 164 Å². The zero-order valence-corrected chi connectivity index (χ0v) is 32.8. The maximum atomic E-state index is 2.47. The largest absolute Gasteiger partial charge is 0.309 e. The van der Waals surface area contributed by atoms with E-state index >= 15 is 0 Å². The molecule has 0 radical (unpaired) electrons. The van der Waals surface area contributed by atoms with E-state index < -0.39 is 0 Å². The monoisotopic (exact) mass is 751 g/mol. The molecule has 0 fully saturated rings. The van der Waals surface area contributed by atoms with Crippen molar-refractivity contribution in [2.75, 3.05) is 0 Å². The summed E-state index contributed by atoms with van der Waals surface area (Å²) in [5.74, 6) is 0.474. The predicted molar refractivity (Wildman–Crippen MR) is 251 cm³/mol. The number of hydrogen-bond acceptors (Lipinski definition) is 0. The van der Waals surface area contributed by atoms with Crippen LogP contribution in [0.1, 0.15) is 29.0 Å². The van der Waals surface area contributed by atoms with Crippen LogP contribution in [0.3, 0.4) is 0 Å². The van der Waals surface area contributed by atoms with E-state index in [1.165, 1.54) is 104 Å². The minimum absolute atomic E-state index is 0.474. The first kappa shape index (κ1) is 33.9. The van der Waals surface area contributed by atoms with Crippen LogP contribution in [0.15, 0.2) is 206 Å². The smallest absolute Gasteiger partial charge is 0.0541 e. The van der Waals surface area contributed by atoms with Gasteiger partial charge < -0.3 is 4.57 Å². The van der Waals surface area contributed by atoms with Gasteiger partial charge in [0.05, 0.1) is 11.0 Å². The Balaban J connectivity index is 0.937. The van der Waals surface area contributed by atoms with Crippen LogP contribution in [-0.4, -0.2) is 4.57 Å². The average Bonchev–Trinajstić information content (AvgIpc) is 3.55. The van der Waals surface area contributed by atoms with Crippen molar-refractivity contribution in [1.29, 1.82) is 0 Å². The number of aryl methyl sites for hydroxylation is 1. The van der Waals surface area contributed by atoms with Crippen LogP contribution in [0.25, 0.3) is 93.2 Å². The maximum absolute atomic E-state index is 2.47. The van der Waals surface area contributed by atoms with Crippen LogP contribution in [0, 0.1) is 0 Å². The van der Waals surface area contributed by atoms with Gasteiger partial charge in [0.15, 0.2) is 0 Å². The van der Waals surface area contributed by atoms with Crippen LogP contribution in [0.4, 0.5) is 0 Å². The van der Waals surface area contributed by atoms with E-state index in [4.69, 9.17) is 0 Å². The molecule has 11 aromatic rings. The molecule has 0 bridgehead atoms. The SMILES string of the molecule is c1ccc(CC2CCc3ccccc3-c3cc(-c4ccc5c(c4)c4ccccc4n5-c4ccc(-c5ccc6c7ccccc7c7ccccc7c6c5)cc4)ccc32)cc1. The molecule has 1 atom stereocenters. The van der Waals surface area contributed by atoms with Crippen molar-refractivity contribution in [1.82, 2.24) is 4.57 Å². The van der Waals surface area contributed by atoms with E-state index in [9.17, 15) is 0 Å². The fraction of sp³-hybridized carbons (Fsp3) is 0.0690. The van der Waals surface area contributed by atoms with Crippen molar-refractivity contribution in [2.24, 2.45) is 0 Å². The molecule has 0 N–H and O–H groups in total. The van der Waals surface area contributed by atoms with Gasteiger partial charge in [-0.2, -0.15) is 0 Å². The molecule has 10 aromatic carbocycles. The van der Waals surface area contributed by atoms with Crippen molar-refractivity contribution in [3.05, 3.63) is 223 Å². The van der Waals surface area contributed by atoms with Crippen LogP contribution in [-0.2, 0) is 12.8 Å². The lowest BCUT2D eigenvalue weighted by Gasteiger charge is -2.19. The zero-order valence-electron chi connectivity index (χ0n) is 32.8. The Morgan fingerprint density at radius 2 is 0.915 bits per heavy atom. The average molecular weight is 752 g/mol. The van der Waals surface area contributed by atoms with Crippen molar-refractivity contribution in [3.63, 3.8) is 0 Å². The van der Waals surface area contributed by atoms with Crippen LogP contribution in [0.2, 0.25) is 0 Å². The van der Waals surface area contributed by atoms with E-state index in [0.29, 0.717) is 5.92 Å². The summed E-state index contributed by atoms with van der Waals surface area (Å²) >= 11 is 0. The minimum Gasteiger partial charge on any atom is -0.309 e. The molecule has 1 aliphatic carbocycles. The Hall–Kier alpha value is -7.22. The quantitative estimate of drug-likeness (QED) is 0.154. The Kier molecular flexibility index (Phi) is 7.88. The molecule has 59 heavy (non-hydrogen) atoms. The van der Waals surface area contributed by atoms with E-state index in [1.807, 2.05) is 0 Å². The van der Waals surface area contributed by atoms with Gasteiger partial charge in [0, 0.05) is 16.5 Å². The molecular formula is C58H41N. The molecule has 1 aromatic heterocycles. The highest BCUT2D eigenvalue weighted by Gasteiger charge is 2.24. The summed E-state index contributed by atoms with van der Waals surface area (Å²) in [4.78, 5) is 0. The number of benzene rings is 10. The number of aromatic nitrogens is 1. The topological polar surface area (TPSA) is 4.93 Å². The van der Waals surface area contributed by atoms with Gasteiger partial charge in [0.2, 0.25) is 0 Å². The first-order valence-corrected chi connectivity index (χ1v) is 21.0. The summed E-state index contributed by atoms with van der Waals surface area (Å²) in [5, 5.41) is 10.3. The molecule has 1 unspecified atom stereocenters. The van der Waals surface area contributed by atoms with E-state index in [0.717, 1.165) is 24.9 Å². The normalized spacial score (nSPS) is 13.9. The lowest BCUT2D eigenvalue weighted by molar-refractivity contribution is 0.629. The fourth-order valence-electron chi connectivity index (χ4n) is 10.2. The summed E-state index contributed by atoms with van der Waals surface area (Å²) < 4.78 is 2.43. The van der Waals surface area contributed by atoms with Crippen molar-refractivity contribution in [2.45, 2.75) is 25.2 Å². The molecule has 0 aliphatic heterocycles. The Bertz CT molecular complexity index is 3370. The van der Waals surface area contributed by atoms with Gasteiger partial charge in [-0.15, -0.1) is 0 Å². The number of rotatable bonds is 5. The summed E-state index contributed by atoms with van der Waals surface area (Å²) in [6.45, 7) is 0. The van der Waals surface area contributed by atoms with Crippen molar-refractivity contribution < 1.29 is 0 Å². The Labute approximate surface area is 344 Å². The van der Waals surface area contributed by atoms with Crippen LogP contribution >= 0.6 is 0 Å². The van der Waals surface area contributed by atoms with Gasteiger partial charge in [-0.3, -0.25) is 0 Å². The molecule has 0 spiro atoms. The Morgan fingerprint density at radius 1 is 0.373 bits per heavy atom. The molecule has 0 saturated carbocycles. The third kappa shape index (κ3) is 5.61. The molecule has 12 rings (SSSR count). The molecular weight excluding hydrogens is 711 g/mol. The lowest BCUT2D eigenvalue weighted by atomic mass is 9.85. The van der Waals surface area contributed by atoms with Crippen molar-refractivity contribution in [3.8, 4) is 39.1 Å². The second-order valence-electron chi connectivity index (χ2n) is 16.4. The second-order valence-corrected chi connectivity index (χ2v) is 16.4. The third-order valence-electron chi connectivity index (χ3n) is 13.1. The first-order valence-electron chi connectivity index (χ1n) is 21.0. The molecule has 1 aliphatic rings. The number of para-hydroxylation sites is 1. The first-order chi connectivity index (χ1) is 29.2. The minimum atomic E-state index is 0.474. The van der Waals surface area contributed by atoms with Gasteiger partial charge in [0.25, 0.3) is 0 Å². The maximum Gasteiger partial charge on any atom is 0.0541 e. The number of hydrogen-bond donors (Lipinski definition) is 0. The summed E-state index contributed by atoms with van der Waals surface area (Å²) in [7, 11) is 0. The highest BCUT2D eigenvalue weighted by molar-refractivity contribution is 6.25. The van der Waals surface area contributed by atoms with Gasteiger partial charge in [-0.25, -0.2) is 0 Å². The summed E-state index contributed by atoms with van der Waals surface area (Å²) in [6.07, 6.45) is 3.31. The molecule has 0 saturated heterocycles. The number of fused-ring (bicyclic) bond motifs is 12. The highest BCUT2D eigenvalue weighted by Crippen LogP contribution is 2.43. The van der Waals surface area contributed by atoms with Gasteiger partial charge in [-0.05, 0) is 150 Å². The Morgan fingerprint density at radius 3 is 1.69 bits per heavy atom. The van der Waals surface area contributed by atoms with Crippen LogP contribution in [0.5, 0.6) is 0 Å². The highest BCUT2D eigenvalue weighted by atomic mass is 15.0. The molecule has 1 heteroatoms. The van der Waals surface area contributed by atoms with Gasteiger partial charge in [0.1, 0.15) is 0 Å². The standard InChI is InChI=1S/C58H41N/c1-2-12-38(13-3-1)34-44-23-22-40-14-4-5-15-46(40)54-36-42(26-31-47(44)54)43-28-33-58-56(37-43)53-20-10-11-21-57(53)59(58)45-29-24-39(25-30-45)41-27-32-52-50-18-7-6-16-48(50)49-17-8-9-19-51(49)55(52)35-41/h1-21,24-33,35-37,44H,22-23,34H2. The summed E-state index contributed by atoms with van der Waals surface area (Å²) in [5.41, 5.74) is 15.6. The zero-order chi connectivity index (χ0) is 38.9. The molecule has 0 amide bonds. The second kappa shape index (κ2) is 13.7. The van der Waals surface area contributed by atoms with Crippen LogP contribution < -0.4 is 0 Å². The lowest BCUT2D eigenvalue weighted by Crippen LogP contribution is -2.04. The molecule has 1 heterocycles. The summed E-state index contributed by atoms with van der Waals surface area (Å²) in [6, 6.07) is 77.0. The van der Waals surface area contributed by atoms with E-state index in [2.05, 4.69) is 211 Å². The predicted octanol–water partition coefficient (Wildman–Crippen LogP) is 15.5. The fourth-order valence-corrected chi connectivity index (χ4v) is 10.2. The van der Waals surface area contributed by atoms with E-state index in [1.54, 1.807) is 0 Å². The number of nitrogens with zero attached hydrogens (tertiary/aromatic N) is 1. The molecule has 278 valence electrons. The van der Waals surface area contributed by atoms with Gasteiger partial charge >= 0.3 is 0 Å². The third-order valence-corrected chi connectivity index (χ3v) is 13.1.